The van der Waals surface area contributed by atoms with E-state index < -0.39 is 20.2 Å². The van der Waals surface area contributed by atoms with Crippen LogP contribution in [-0.4, -0.2) is 39.0 Å². The summed E-state index contributed by atoms with van der Waals surface area (Å²) in [5, 5.41) is 0. The lowest BCUT2D eigenvalue weighted by molar-refractivity contribution is -0.382. The molecule has 0 saturated carbocycles. The molecule has 0 saturated heterocycles. The Morgan fingerprint density at radius 3 is 1.18 bits per heavy atom. The summed E-state index contributed by atoms with van der Waals surface area (Å²) in [4.78, 5) is -0.311. The van der Waals surface area contributed by atoms with Crippen LogP contribution in [0.3, 0.4) is 0 Å². The van der Waals surface area contributed by atoms with Crippen LogP contribution in [-0.2, 0) is 20.2 Å². The van der Waals surface area contributed by atoms with E-state index >= 15 is 0 Å². The number of hydrogen-bond donors (Lipinski definition) is 2. The molecule has 218 valence electrons. The molecule has 1 atom stereocenters. The molecule has 0 fully saturated rings. The lowest BCUT2D eigenvalue weighted by atomic mass is 9.94. The van der Waals surface area contributed by atoms with Gasteiger partial charge in [0.15, 0.2) is 0 Å². The van der Waals surface area contributed by atoms with E-state index in [9.17, 15) is 25.9 Å². The standard InChI is InChI=1S/2C11H16O3S.C6H16N2/c2*1-3-9(4-2)10-5-7-11(8-6-10)15(12,13)14;1-6(5-8)3-2-4-7/h2*5-9H,3-4H2,1-2H3,(H,12,13,14);6H,2-5,7-8H2,1H3. The third kappa shape index (κ3) is 13.8. The monoisotopic (exact) mass is 572 g/mol. The van der Waals surface area contributed by atoms with Crippen molar-refractivity contribution in [2.75, 3.05) is 13.1 Å². The minimum atomic E-state index is -4.31. The van der Waals surface area contributed by atoms with E-state index in [4.69, 9.17) is 0 Å². The topological polar surface area (TPSA) is 170 Å². The summed E-state index contributed by atoms with van der Waals surface area (Å²) in [5.74, 6) is 1.68. The van der Waals surface area contributed by atoms with E-state index in [0.29, 0.717) is 11.8 Å². The van der Waals surface area contributed by atoms with Gasteiger partial charge in [0.2, 0.25) is 0 Å². The van der Waals surface area contributed by atoms with Crippen molar-refractivity contribution in [3.63, 3.8) is 0 Å². The second kappa shape index (κ2) is 18.5. The molecule has 0 bridgehead atoms. The van der Waals surface area contributed by atoms with E-state index in [1.165, 1.54) is 37.1 Å². The lowest BCUT2D eigenvalue weighted by Gasteiger charge is -2.14. The number of quaternary nitrogens is 2. The maximum absolute atomic E-state index is 10.7. The van der Waals surface area contributed by atoms with Crippen LogP contribution in [0.15, 0.2) is 58.3 Å². The molecule has 2 aromatic rings. The summed E-state index contributed by atoms with van der Waals surface area (Å²) < 4.78 is 64.2. The smallest absolute Gasteiger partial charge is 0.124 e. The zero-order valence-electron chi connectivity index (χ0n) is 23.7. The molecule has 38 heavy (non-hydrogen) atoms. The first-order chi connectivity index (χ1) is 17.8. The molecule has 6 N–H and O–H groups in total. The third-order valence-electron chi connectivity index (χ3n) is 6.69. The molecule has 0 spiro atoms. The normalized spacial score (nSPS) is 12.4. The van der Waals surface area contributed by atoms with Crippen molar-refractivity contribution in [1.82, 2.24) is 0 Å². The van der Waals surface area contributed by atoms with Crippen molar-refractivity contribution in [3.05, 3.63) is 59.7 Å². The SMILES string of the molecule is CC(C[NH3+])CCC[NH3+].CCC(CC)c1ccc(S(=O)(=O)[O-])cc1.CCC(CC)c1ccc(S(=O)(=O)[O-])cc1. The Balaban J connectivity index is 0.000000569. The summed E-state index contributed by atoms with van der Waals surface area (Å²) in [6, 6.07) is 12.4. The van der Waals surface area contributed by atoms with E-state index in [1.807, 2.05) is 0 Å². The predicted octanol–water partition coefficient (Wildman–Crippen LogP) is 3.88. The van der Waals surface area contributed by atoms with Gasteiger partial charge in [0.05, 0.1) is 22.9 Å². The highest BCUT2D eigenvalue weighted by Crippen LogP contribution is 2.24. The van der Waals surface area contributed by atoms with Crippen LogP contribution >= 0.6 is 0 Å². The highest BCUT2D eigenvalue weighted by atomic mass is 32.2. The van der Waals surface area contributed by atoms with Crippen LogP contribution in [0.4, 0.5) is 0 Å². The van der Waals surface area contributed by atoms with Crippen molar-refractivity contribution in [1.29, 1.82) is 0 Å². The van der Waals surface area contributed by atoms with Crippen molar-refractivity contribution in [2.24, 2.45) is 5.92 Å². The Morgan fingerprint density at radius 2 is 0.974 bits per heavy atom. The number of hydrogen-bond acceptors (Lipinski definition) is 6. The van der Waals surface area contributed by atoms with Gasteiger partial charge in [-0.05, 0) is 85.8 Å². The molecule has 1 unspecified atom stereocenters. The molecule has 0 aromatic heterocycles. The first kappa shape index (κ1) is 36.2. The molecule has 0 aliphatic heterocycles. The zero-order valence-corrected chi connectivity index (χ0v) is 25.3. The van der Waals surface area contributed by atoms with Crippen LogP contribution in [0.25, 0.3) is 0 Å². The van der Waals surface area contributed by atoms with Gasteiger partial charge in [-0.25, -0.2) is 16.8 Å². The molecule has 8 nitrogen and oxygen atoms in total. The van der Waals surface area contributed by atoms with Crippen molar-refractivity contribution in [2.45, 2.75) is 94.8 Å². The second-order valence-corrected chi connectivity index (χ2v) is 12.2. The van der Waals surface area contributed by atoms with E-state index in [1.54, 1.807) is 24.3 Å². The van der Waals surface area contributed by atoms with Gasteiger partial charge in [0, 0.05) is 5.92 Å². The summed E-state index contributed by atoms with van der Waals surface area (Å²) in [5.41, 5.74) is 9.77. The van der Waals surface area contributed by atoms with E-state index in [2.05, 4.69) is 46.1 Å². The summed E-state index contributed by atoms with van der Waals surface area (Å²) in [7, 11) is -8.62. The van der Waals surface area contributed by atoms with Gasteiger partial charge in [-0.3, -0.25) is 0 Å². The molecule has 2 aromatic carbocycles. The Bertz CT molecular complexity index is 1010. The number of rotatable bonds is 12. The summed E-state index contributed by atoms with van der Waals surface area (Å²) >= 11 is 0. The van der Waals surface area contributed by atoms with Crippen LogP contribution in [0, 0.1) is 5.92 Å². The molecule has 0 amide bonds. The Kier molecular flexibility index (Phi) is 17.6. The Labute approximate surface area is 230 Å². The first-order valence-electron chi connectivity index (χ1n) is 13.5. The van der Waals surface area contributed by atoms with Gasteiger partial charge in [-0.1, -0.05) is 58.9 Å². The van der Waals surface area contributed by atoms with E-state index in [0.717, 1.165) is 55.8 Å². The fourth-order valence-electron chi connectivity index (χ4n) is 3.97. The Morgan fingerprint density at radius 1 is 0.658 bits per heavy atom. The zero-order chi connectivity index (χ0) is 29.4. The molecule has 0 heterocycles. The van der Waals surface area contributed by atoms with Crippen molar-refractivity contribution < 1.29 is 37.4 Å². The molecule has 2 rings (SSSR count). The van der Waals surface area contributed by atoms with Gasteiger partial charge in [0.1, 0.15) is 20.2 Å². The highest BCUT2D eigenvalue weighted by molar-refractivity contribution is 7.86. The number of benzene rings is 2. The van der Waals surface area contributed by atoms with Crippen LogP contribution < -0.4 is 11.5 Å². The third-order valence-corrected chi connectivity index (χ3v) is 8.39. The largest absolute Gasteiger partial charge is 0.744 e. The molecular weight excluding hydrogens is 524 g/mol. The maximum Gasteiger partial charge on any atom is 0.124 e. The molecule has 0 aliphatic rings. The van der Waals surface area contributed by atoms with Gasteiger partial charge in [-0.2, -0.15) is 0 Å². The second-order valence-electron chi connectivity index (χ2n) is 9.46. The van der Waals surface area contributed by atoms with Crippen molar-refractivity contribution >= 4 is 20.2 Å². The minimum Gasteiger partial charge on any atom is -0.744 e. The summed E-state index contributed by atoms with van der Waals surface area (Å²) in [6.07, 6.45) is 6.61. The van der Waals surface area contributed by atoms with E-state index in [-0.39, 0.29) is 9.79 Å². The predicted molar refractivity (Wildman–Crippen MR) is 149 cm³/mol. The fraction of sp³-hybridized carbons (Fsp3) is 0.571. The van der Waals surface area contributed by atoms with Crippen molar-refractivity contribution in [3.8, 4) is 0 Å². The van der Waals surface area contributed by atoms with Gasteiger partial charge < -0.3 is 20.6 Å². The van der Waals surface area contributed by atoms with Crippen LogP contribution in [0.2, 0.25) is 0 Å². The molecular formula is C28H48N2O6S2. The minimum absolute atomic E-state index is 0.155. The quantitative estimate of drug-likeness (QED) is 0.366. The maximum atomic E-state index is 10.7. The first-order valence-corrected chi connectivity index (χ1v) is 16.3. The average Bonchev–Trinajstić information content (AvgIpc) is 2.89. The summed E-state index contributed by atoms with van der Waals surface area (Å²) in [6.45, 7) is 12.7. The van der Waals surface area contributed by atoms with Gasteiger partial charge >= 0.3 is 0 Å². The van der Waals surface area contributed by atoms with Gasteiger partial charge in [0.25, 0.3) is 0 Å². The van der Waals surface area contributed by atoms with Gasteiger partial charge in [-0.15, -0.1) is 0 Å². The average molecular weight is 573 g/mol. The van der Waals surface area contributed by atoms with Crippen LogP contribution in [0.5, 0.6) is 0 Å². The fourth-order valence-corrected chi connectivity index (χ4v) is 4.91. The highest BCUT2D eigenvalue weighted by Gasteiger charge is 2.09. The van der Waals surface area contributed by atoms with Crippen LogP contribution in [0.1, 0.15) is 96.1 Å². The molecule has 0 radical (unpaired) electrons. The molecule has 10 heteroatoms. The lowest BCUT2D eigenvalue weighted by Crippen LogP contribution is -2.54. The Hall–Kier alpha value is -1.82. The molecule has 0 aliphatic carbocycles.